The third-order valence-electron chi connectivity index (χ3n) is 3.65. The van der Waals surface area contributed by atoms with Gasteiger partial charge in [-0.25, -0.2) is 4.79 Å². The number of hydrogen-bond donors (Lipinski definition) is 2. The predicted molar refractivity (Wildman–Crippen MR) is 84.8 cm³/mol. The second-order valence-corrected chi connectivity index (χ2v) is 6.23. The molecule has 21 heavy (non-hydrogen) atoms. The first-order chi connectivity index (χ1) is 10.3. The third-order valence-corrected chi connectivity index (χ3v) is 4.65. The third kappa shape index (κ3) is 3.78. The zero-order chi connectivity index (χ0) is 14.5. The van der Waals surface area contributed by atoms with Crippen LogP contribution in [0.1, 0.15) is 43.0 Å². The number of carbonyl (C=O) groups is 1. The molecule has 0 saturated heterocycles. The summed E-state index contributed by atoms with van der Waals surface area (Å²) >= 11 is 1.48. The van der Waals surface area contributed by atoms with Gasteiger partial charge in [-0.05, 0) is 25.0 Å². The number of carbonyl (C=O) groups excluding carboxylic acids is 1. The Labute approximate surface area is 127 Å². The van der Waals surface area contributed by atoms with Crippen LogP contribution in [0.15, 0.2) is 30.3 Å². The van der Waals surface area contributed by atoms with Crippen LogP contribution in [0.5, 0.6) is 0 Å². The fourth-order valence-electron chi connectivity index (χ4n) is 2.58. The fraction of sp³-hybridized carbons (Fsp3) is 0.400. The van der Waals surface area contributed by atoms with Gasteiger partial charge in [0, 0.05) is 11.6 Å². The van der Waals surface area contributed by atoms with Crippen molar-refractivity contribution in [2.45, 2.75) is 38.0 Å². The van der Waals surface area contributed by atoms with E-state index in [1.54, 1.807) is 0 Å². The van der Waals surface area contributed by atoms with Gasteiger partial charge in [0.15, 0.2) is 0 Å². The second kappa shape index (κ2) is 6.67. The van der Waals surface area contributed by atoms with Crippen LogP contribution >= 0.6 is 11.3 Å². The van der Waals surface area contributed by atoms with Crippen molar-refractivity contribution in [3.05, 3.63) is 35.3 Å². The zero-order valence-electron chi connectivity index (χ0n) is 11.7. The highest BCUT2D eigenvalue weighted by Gasteiger charge is 2.20. The van der Waals surface area contributed by atoms with E-state index >= 15 is 0 Å². The monoisotopic (exact) mass is 302 g/mol. The second-order valence-electron chi connectivity index (χ2n) is 5.23. The summed E-state index contributed by atoms with van der Waals surface area (Å²) in [6.45, 7) is 0. The van der Waals surface area contributed by atoms with E-state index in [0.29, 0.717) is 11.0 Å². The number of amides is 2. The number of nitrogens with zero attached hydrogens (tertiary/aromatic N) is 2. The first-order valence-corrected chi connectivity index (χ1v) is 8.09. The molecule has 2 aromatic rings. The minimum Gasteiger partial charge on any atom is -0.308 e. The highest BCUT2D eigenvalue weighted by atomic mass is 32.1. The largest absolute Gasteiger partial charge is 0.325 e. The quantitative estimate of drug-likeness (QED) is 0.891. The molecule has 1 heterocycles. The van der Waals surface area contributed by atoms with Gasteiger partial charge in [0.05, 0.1) is 0 Å². The van der Waals surface area contributed by atoms with Crippen molar-refractivity contribution in [3.63, 3.8) is 0 Å². The highest BCUT2D eigenvalue weighted by Crippen LogP contribution is 2.35. The van der Waals surface area contributed by atoms with E-state index in [2.05, 4.69) is 20.8 Å². The SMILES string of the molecule is O=C(Nc1ccccc1)Nc1nnc(C2CCCCC2)s1. The molecule has 0 spiro atoms. The van der Waals surface area contributed by atoms with Crippen molar-refractivity contribution in [1.29, 1.82) is 0 Å². The van der Waals surface area contributed by atoms with Crippen molar-refractivity contribution in [1.82, 2.24) is 10.2 Å². The fourth-order valence-corrected chi connectivity index (χ4v) is 3.49. The van der Waals surface area contributed by atoms with E-state index < -0.39 is 0 Å². The molecule has 6 heteroatoms. The number of para-hydroxylation sites is 1. The molecule has 1 saturated carbocycles. The summed E-state index contributed by atoms with van der Waals surface area (Å²) in [4.78, 5) is 11.9. The number of rotatable bonds is 3. The van der Waals surface area contributed by atoms with Crippen LogP contribution in [0.4, 0.5) is 15.6 Å². The van der Waals surface area contributed by atoms with Crippen LogP contribution < -0.4 is 10.6 Å². The molecule has 1 aliphatic rings. The van der Waals surface area contributed by atoms with Gasteiger partial charge < -0.3 is 5.32 Å². The van der Waals surface area contributed by atoms with Gasteiger partial charge >= 0.3 is 6.03 Å². The Hall–Kier alpha value is -1.95. The van der Waals surface area contributed by atoms with E-state index in [1.165, 1.54) is 43.4 Å². The minimum atomic E-state index is -0.285. The lowest BCUT2D eigenvalue weighted by Gasteiger charge is -2.18. The van der Waals surface area contributed by atoms with E-state index in [1.807, 2.05) is 30.3 Å². The molecule has 1 fully saturated rings. The van der Waals surface area contributed by atoms with Crippen LogP contribution in [-0.2, 0) is 0 Å². The van der Waals surface area contributed by atoms with Crippen molar-refractivity contribution < 1.29 is 4.79 Å². The lowest BCUT2D eigenvalue weighted by Crippen LogP contribution is -2.19. The molecule has 1 aromatic heterocycles. The van der Waals surface area contributed by atoms with E-state index in [9.17, 15) is 4.79 Å². The Balaban J connectivity index is 1.57. The van der Waals surface area contributed by atoms with Gasteiger partial charge in [0.25, 0.3) is 0 Å². The van der Waals surface area contributed by atoms with Gasteiger partial charge in [-0.3, -0.25) is 5.32 Å². The molecule has 1 aromatic carbocycles. The van der Waals surface area contributed by atoms with Crippen LogP contribution in [0, 0.1) is 0 Å². The number of aromatic nitrogens is 2. The van der Waals surface area contributed by atoms with E-state index in [4.69, 9.17) is 0 Å². The highest BCUT2D eigenvalue weighted by molar-refractivity contribution is 7.15. The van der Waals surface area contributed by atoms with Gasteiger partial charge in [0.1, 0.15) is 5.01 Å². The van der Waals surface area contributed by atoms with Crippen molar-refractivity contribution >= 4 is 28.2 Å². The minimum absolute atomic E-state index is 0.285. The van der Waals surface area contributed by atoms with Gasteiger partial charge in [-0.2, -0.15) is 0 Å². The maximum Gasteiger partial charge on any atom is 0.325 e. The Bertz CT molecular complexity index is 593. The summed E-state index contributed by atoms with van der Waals surface area (Å²) in [6.07, 6.45) is 6.22. The van der Waals surface area contributed by atoms with Crippen LogP contribution in [0.3, 0.4) is 0 Å². The van der Waals surface area contributed by atoms with E-state index in [-0.39, 0.29) is 6.03 Å². The molecule has 0 atom stereocenters. The van der Waals surface area contributed by atoms with Crippen molar-refractivity contribution in [3.8, 4) is 0 Å². The molecule has 110 valence electrons. The smallest absolute Gasteiger partial charge is 0.308 e. The molecule has 2 N–H and O–H groups in total. The number of anilines is 2. The first-order valence-electron chi connectivity index (χ1n) is 7.28. The average molecular weight is 302 g/mol. The maximum atomic E-state index is 11.9. The number of benzene rings is 1. The summed E-state index contributed by atoms with van der Waals surface area (Å²) in [5.41, 5.74) is 0.756. The summed E-state index contributed by atoms with van der Waals surface area (Å²) < 4.78 is 0. The van der Waals surface area contributed by atoms with Crippen LogP contribution in [0.25, 0.3) is 0 Å². The molecular formula is C15H18N4OS. The molecule has 2 amide bonds. The Morgan fingerprint density at radius 3 is 2.57 bits per heavy atom. The maximum absolute atomic E-state index is 11.9. The number of urea groups is 1. The summed E-state index contributed by atoms with van der Waals surface area (Å²) in [6, 6.07) is 9.06. The molecular weight excluding hydrogens is 284 g/mol. The standard InChI is InChI=1S/C15H18N4OS/c20-14(16-12-9-5-2-6-10-12)17-15-19-18-13(21-15)11-7-3-1-4-8-11/h2,5-6,9-11H,1,3-4,7-8H2,(H2,16,17,19,20). The molecule has 0 radical (unpaired) electrons. The number of nitrogens with one attached hydrogen (secondary N) is 2. The first kappa shape index (κ1) is 14.0. The van der Waals surface area contributed by atoms with Gasteiger partial charge in [-0.1, -0.05) is 48.8 Å². The summed E-state index contributed by atoms with van der Waals surface area (Å²) in [5.74, 6) is 0.518. The molecule has 5 nitrogen and oxygen atoms in total. The topological polar surface area (TPSA) is 66.9 Å². The van der Waals surface area contributed by atoms with Crippen LogP contribution in [0.2, 0.25) is 0 Å². The predicted octanol–water partition coefficient (Wildman–Crippen LogP) is 4.23. The Kier molecular flexibility index (Phi) is 4.45. The van der Waals surface area contributed by atoms with Crippen molar-refractivity contribution in [2.24, 2.45) is 0 Å². The van der Waals surface area contributed by atoms with Gasteiger partial charge in [0.2, 0.25) is 5.13 Å². The molecule has 0 bridgehead atoms. The Morgan fingerprint density at radius 1 is 1.05 bits per heavy atom. The normalized spacial score (nSPS) is 15.6. The van der Waals surface area contributed by atoms with Gasteiger partial charge in [-0.15, -0.1) is 10.2 Å². The molecule has 3 rings (SSSR count). The summed E-state index contributed by atoms with van der Waals surface area (Å²) in [5, 5.41) is 15.4. The molecule has 0 unspecified atom stereocenters. The molecule has 0 aliphatic heterocycles. The summed E-state index contributed by atoms with van der Waals surface area (Å²) in [7, 11) is 0. The lowest BCUT2D eigenvalue weighted by molar-refractivity contribution is 0.262. The van der Waals surface area contributed by atoms with E-state index in [0.717, 1.165) is 10.7 Å². The van der Waals surface area contributed by atoms with Crippen molar-refractivity contribution in [2.75, 3.05) is 10.6 Å². The molecule has 1 aliphatic carbocycles. The number of hydrogen-bond acceptors (Lipinski definition) is 4. The van der Waals surface area contributed by atoms with Crippen LogP contribution in [-0.4, -0.2) is 16.2 Å². The lowest BCUT2D eigenvalue weighted by atomic mass is 9.90. The average Bonchev–Trinajstić information content (AvgIpc) is 2.97. The Morgan fingerprint density at radius 2 is 1.81 bits per heavy atom. The zero-order valence-corrected chi connectivity index (χ0v) is 12.5.